The molecule has 1 aliphatic rings. The second-order valence-electron chi connectivity index (χ2n) is 6.01. The molecule has 1 N–H and O–H groups in total. The lowest BCUT2D eigenvalue weighted by Crippen LogP contribution is -2.49. The van der Waals surface area contributed by atoms with Gasteiger partial charge in [0.1, 0.15) is 6.42 Å². The Hall–Kier alpha value is -2.89. The normalized spacial score (nSPS) is 14.2. The Morgan fingerprint density at radius 3 is 2.32 bits per heavy atom. The number of carbonyl (C=O) groups excluding carboxylic acids is 2. The Morgan fingerprint density at radius 1 is 0.960 bits per heavy atom. The summed E-state index contributed by atoms with van der Waals surface area (Å²) in [7, 11) is 0. The molecule has 0 unspecified atom stereocenters. The number of aromatic nitrogens is 1. The number of nitrogens with one attached hydrogen (secondary N) is 1. The molecular weight excluding hydrogens is 316 g/mol. The zero-order chi connectivity index (χ0) is 17.5. The van der Waals surface area contributed by atoms with E-state index in [4.69, 9.17) is 0 Å². The van der Waals surface area contributed by atoms with Crippen LogP contribution >= 0.6 is 0 Å². The van der Waals surface area contributed by atoms with E-state index in [1.54, 1.807) is 17.3 Å². The second kappa shape index (κ2) is 8.28. The first kappa shape index (κ1) is 17.0. The highest BCUT2D eigenvalue weighted by molar-refractivity contribution is 5.96. The highest BCUT2D eigenvalue weighted by Gasteiger charge is 2.22. The smallest absolute Gasteiger partial charge is 0.232 e. The van der Waals surface area contributed by atoms with Crippen molar-refractivity contribution in [2.24, 2.45) is 0 Å². The van der Waals surface area contributed by atoms with Gasteiger partial charge in [-0.3, -0.25) is 14.6 Å². The van der Waals surface area contributed by atoms with Crippen molar-refractivity contribution in [1.82, 2.24) is 15.2 Å². The molecule has 0 atom stereocenters. The van der Waals surface area contributed by atoms with Gasteiger partial charge >= 0.3 is 0 Å². The Morgan fingerprint density at radius 2 is 1.64 bits per heavy atom. The van der Waals surface area contributed by atoms with Gasteiger partial charge in [0.2, 0.25) is 11.8 Å². The highest BCUT2D eigenvalue weighted by atomic mass is 16.2. The zero-order valence-corrected chi connectivity index (χ0v) is 14.1. The van der Waals surface area contributed by atoms with Crippen molar-refractivity contribution in [3.05, 3.63) is 60.4 Å². The van der Waals surface area contributed by atoms with E-state index in [0.29, 0.717) is 19.6 Å². The van der Waals surface area contributed by atoms with Crippen molar-refractivity contribution >= 4 is 17.5 Å². The number of carbonyl (C=O) groups is 2. The molecule has 2 aromatic rings. The summed E-state index contributed by atoms with van der Waals surface area (Å²) in [5, 5.41) is 2.78. The zero-order valence-electron chi connectivity index (χ0n) is 14.1. The van der Waals surface area contributed by atoms with Gasteiger partial charge in [0.05, 0.1) is 0 Å². The third-order valence-corrected chi connectivity index (χ3v) is 4.30. The number of anilines is 1. The van der Waals surface area contributed by atoms with Crippen LogP contribution in [0.15, 0.2) is 54.9 Å². The summed E-state index contributed by atoms with van der Waals surface area (Å²) in [6, 6.07) is 13.8. The maximum atomic E-state index is 12.3. The maximum Gasteiger partial charge on any atom is 0.232 e. The molecule has 6 heteroatoms. The molecule has 25 heavy (non-hydrogen) atoms. The van der Waals surface area contributed by atoms with Crippen LogP contribution in [0.2, 0.25) is 0 Å². The minimum atomic E-state index is -0.243. The lowest BCUT2D eigenvalue weighted by molar-refractivity contribution is -0.136. The SMILES string of the molecule is O=C(CC(=O)N1CCN(c2ccccc2)CC1)NCc1ccncc1. The maximum absolute atomic E-state index is 12.3. The summed E-state index contributed by atoms with van der Waals surface area (Å²) in [6.45, 7) is 3.27. The first-order valence-electron chi connectivity index (χ1n) is 8.46. The fourth-order valence-corrected chi connectivity index (χ4v) is 2.87. The van der Waals surface area contributed by atoms with Crippen molar-refractivity contribution in [2.75, 3.05) is 31.1 Å². The molecule has 0 saturated carbocycles. The fourth-order valence-electron chi connectivity index (χ4n) is 2.87. The predicted octanol–water partition coefficient (Wildman–Crippen LogP) is 1.44. The summed E-state index contributed by atoms with van der Waals surface area (Å²) in [5.74, 6) is -0.354. The molecule has 1 fully saturated rings. The monoisotopic (exact) mass is 338 g/mol. The average molecular weight is 338 g/mol. The summed E-state index contributed by atoms with van der Waals surface area (Å²) >= 11 is 0. The van der Waals surface area contributed by atoms with Gasteiger partial charge < -0.3 is 15.1 Å². The Bertz CT molecular complexity index is 698. The number of amides is 2. The topological polar surface area (TPSA) is 65.5 Å². The second-order valence-corrected chi connectivity index (χ2v) is 6.01. The van der Waals surface area contributed by atoms with Gasteiger partial charge in [0.15, 0.2) is 0 Å². The molecule has 130 valence electrons. The Labute approximate surface area is 147 Å². The number of hydrogen-bond donors (Lipinski definition) is 1. The summed E-state index contributed by atoms with van der Waals surface area (Å²) in [5.41, 5.74) is 2.14. The van der Waals surface area contributed by atoms with Crippen LogP contribution in [-0.4, -0.2) is 47.9 Å². The van der Waals surface area contributed by atoms with Crippen molar-refractivity contribution < 1.29 is 9.59 Å². The molecule has 2 amide bonds. The Kier molecular flexibility index (Phi) is 5.61. The first-order chi connectivity index (χ1) is 12.2. The molecule has 0 spiro atoms. The van der Waals surface area contributed by atoms with Crippen LogP contribution in [0, 0.1) is 0 Å². The third kappa shape index (κ3) is 4.79. The number of benzene rings is 1. The number of para-hydroxylation sites is 1. The molecule has 6 nitrogen and oxygen atoms in total. The largest absolute Gasteiger partial charge is 0.368 e. The van der Waals surface area contributed by atoms with Gasteiger partial charge in [0, 0.05) is 50.8 Å². The average Bonchev–Trinajstić information content (AvgIpc) is 2.68. The molecule has 1 aromatic heterocycles. The van der Waals surface area contributed by atoms with Crippen LogP contribution in [0.3, 0.4) is 0 Å². The van der Waals surface area contributed by atoms with E-state index in [9.17, 15) is 9.59 Å². The fraction of sp³-hybridized carbons (Fsp3) is 0.316. The minimum absolute atomic E-state index is 0.101. The highest BCUT2D eigenvalue weighted by Crippen LogP contribution is 2.15. The lowest BCUT2D eigenvalue weighted by atomic mass is 10.2. The summed E-state index contributed by atoms with van der Waals surface area (Å²) in [4.78, 5) is 32.2. The van der Waals surface area contributed by atoms with Crippen molar-refractivity contribution in [1.29, 1.82) is 0 Å². The van der Waals surface area contributed by atoms with Crippen molar-refractivity contribution in [3.63, 3.8) is 0 Å². The molecule has 0 aliphatic carbocycles. The van der Waals surface area contributed by atoms with E-state index in [1.807, 2.05) is 30.3 Å². The van der Waals surface area contributed by atoms with Gasteiger partial charge in [-0.25, -0.2) is 0 Å². The van der Waals surface area contributed by atoms with Crippen molar-refractivity contribution in [2.45, 2.75) is 13.0 Å². The molecule has 1 saturated heterocycles. The molecule has 1 aliphatic heterocycles. The Balaban J connectivity index is 1.42. The molecule has 1 aromatic carbocycles. The van der Waals surface area contributed by atoms with Crippen LogP contribution in [0.5, 0.6) is 0 Å². The number of rotatable bonds is 5. The third-order valence-electron chi connectivity index (χ3n) is 4.30. The van der Waals surface area contributed by atoms with Gasteiger partial charge in [-0.05, 0) is 29.8 Å². The molecule has 2 heterocycles. The summed E-state index contributed by atoms with van der Waals surface area (Å²) in [6.07, 6.45) is 3.26. The molecule has 3 rings (SSSR count). The van der Waals surface area contributed by atoms with E-state index in [-0.39, 0.29) is 18.2 Å². The van der Waals surface area contributed by atoms with E-state index >= 15 is 0 Å². The van der Waals surface area contributed by atoms with E-state index in [0.717, 1.165) is 18.7 Å². The van der Waals surface area contributed by atoms with Gasteiger partial charge in [-0.2, -0.15) is 0 Å². The number of pyridine rings is 1. The molecule has 0 radical (unpaired) electrons. The van der Waals surface area contributed by atoms with Crippen LogP contribution < -0.4 is 10.2 Å². The van der Waals surface area contributed by atoms with E-state index in [2.05, 4.69) is 27.3 Å². The molecule has 0 bridgehead atoms. The lowest BCUT2D eigenvalue weighted by Gasteiger charge is -2.36. The predicted molar refractivity (Wildman–Crippen MR) is 95.9 cm³/mol. The molecular formula is C19H22N4O2. The number of piperazine rings is 1. The van der Waals surface area contributed by atoms with Gasteiger partial charge in [-0.15, -0.1) is 0 Å². The van der Waals surface area contributed by atoms with E-state index < -0.39 is 0 Å². The van der Waals surface area contributed by atoms with E-state index in [1.165, 1.54) is 5.69 Å². The summed E-state index contributed by atoms with van der Waals surface area (Å²) < 4.78 is 0. The van der Waals surface area contributed by atoms with Crippen molar-refractivity contribution in [3.8, 4) is 0 Å². The van der Waals surface area contributed by atoms with Crippen LogP contribution in [0.4, 0.5) is 5.69 Å². The van der Waals surface area contributed by atoms with Crippen LogP contribution in [0.1, 0.15) is 12.0 Å². The van der Waals surface area contributed by atoms with Gasteiger partial charge in [0.25, 0.3) is 0 Å². The first-order valence-corrected chi connectivity index (χ1v) is 8.46. The van der Waals surface area contributed by atoms with Gasteiger partial charge in [-0.1, -0.05) is 18.2 Å². The minimum Gasteiger partial charge on any atom is -0.368 e. The number of nitrogens with zero attached hydrogens (tertiary/aromatic N) is 3. The van der Waals surface area contributed by atoms with Crippen LogP contribution in [0.25, 0.3) is 0 Å². The van der Waals surface area contributed by atoms with Crippen LogP contribution in [-0.2, 0) is 16.1 Å². The standard InChI is InChI=1S/C19H22N4O2/c24-18(21-15-16-6-8-20-9-7-16)14-19(25)23-12-10-22(11-13-23)17-4-2-1-3-5-17/h1-9H,10-15H2,(H,21,24). The number of hydrogen-bond acceptors (Lipinski definition) is 4. The quantitative estimate of drug-likeness (QED) is 0.838.